The number of nitrogens with one attached hydrogen (secondary N) is 1. The number of hydrogen-bond acceptors (Lipinski definition) is 5. The van der Waals surface area contributed by atoms with Crippen LogP contribution < -0.4 is 11.1 Å². The maximum Gasteiger partial charge on any atom is 0.224 e. The molecular weight excluding hydrogens is 250 g/mol. The lowest BCUT2D eigenvalue weighted by atomic mass is 9.87. The maximum atomic E-state index is 6.03. The van der Waals surface area contributed by atoms with Gasteiger partial charge in [-0.1, -0.05) is 19.8 Å². The summed E-state index contributed by atoms with van der Waals surface area (Å²) in [5.74, 6) is 2.07. The van der Waals surface area contributed by atoms with E-state index in [4.69, 9.17) is 5.73 Å². The normalized spacial score (nSPS) is 23.0. The molecule has 20 heavy (non-hydrogen) atoms. The van der Waals surface area contributed by atoms with Crippen LogP contribution in [0.4, 0.5) is 11.8 Å². The van der Waals surface area contributed by atoms with Gasteiger partial charge in [-0.2, -0.15) is 4.98 Å². The largest absolute Gasteiger partial charge is 0.383 e. The molecule has 1 aliphatic carbocycles. The van der Waals surface area contributed by atoms with Crippen LogP contribution in [-0.4, -0.2) is 41.5 Å². The topological polar surface area (TPSA) is 67.1 Å². The smallest absolute Gasteiger partial charge is 0.224 e. The Morgan fingerprint density at radius 1 is 1.40 bits per heavy atom. The van der Waals surface area contributed by atoms with E-state index in [9.17, 15) is 0 Å². The molecule has 1 fully saturated rings. The SMILES string of the molecule is CC1CCCC(Nc2ncc(CCN(C)C)c(N)n2)C1. The molecule has 0 saturated heterocycles. The van der Waals surface area contributed by atoms with Crippen molar-refractivity contribution in [3.05, 3.63) is 11.8 Å². The maximum absolute atomic E-state index is 6.03. The van der Waals surface area contributed by atoms with Gasteiger partial charge in [0, 0.05) is 24.3 Å². The van der Waals surface area contributed by atoms with Gasteiger partial charge in [-0.15, -0.1) is 0 Å². The molecule has 2 atom stereocenters. The summed E-state index contributed by atoms with van der Waals surface area (Å²) in [5, 5.41) is 3.43. The highest BCUT2D eigenvalue weighted by Gasteiger charge is 2.19. The molecule has 3 N–H and O–H groups in total. The molecule has 5 nitrogen and oxygen atoms in total. The summed E-state index contributed by atoms with van der Waals surface area (Å²) in [6.07, 6.45) is 7.78. The van der Waals surface area contributed by atoms with Crippen LogP contribution in [0.5, 0.6) is 0 Å². The minimum Gasteiger partial charge on any atom is -0.383 e. The lowest BCUT2D eigenvalue weighted by Crippen LogP contribution is -2.27. The lowest BCUT2D eigenvalue weighted by Gasteiger charge is -2.27. The van der Waals surface area contributed by atoms with E-state index in [1.54, 1.807) is 0 Å². The summed E-state index contributed by atoms with van der Waals surface area (Å²) < 4.78 is 0. The predicted molar refractivity (Wildman–Crippen MR) is 83.7 cm³/mol. The van der Waals surface area contributed by atoms with Crippen LogP contribution in [0.3, 0.4) is 0 Å². The van der Waals surface area contributed by atoms with E-state index >= 15 is 0 Å². The molecule has 112 valence electrons. The van der Waals surface area contributed by atoms with E-state index in [2.05, 4.69) is 41.2 Å². The van der Waals surface area contributed by atoms with Crippen molar-refractivity contribution in [3.8, 4) is 0 Å². The Kier molecular flexibility index (Phi) is 5.17. The van der Waals surface area contributed by atoms with Gasteiger partial charge in [-0.05, 0) is 39.3 Å². The molecule has 1 aromatic heterocycles. The Morgan fingerprint density at radius 2 is 2.20 bits per heavy atom. The fourth-order valence-electron chi connectivity index (χ4n) is 2.77. The number of aromatic nitrogens is 2. The average molecular weight is 277 g/mol. The van der Waals surface area contributed by atoms with Crippen LogP contribution in [0.25, 0.3) is 0 Å². The van der Waals surface area contributed by atoms with Gasteiger partial charge in [0.2, 0.25) is 5.95 Å². The Bertz CT molecular complexity index is 432. The van der Waals surface area contributed by atoms with Gasteiger partial charge in [-0.25, -0.2) is 4.98 Å². The van der Waals surface area contributed by atoms with Gasteiger partial charge < -0.3 is 16.0 Å². The molecule has 0 amide bonds. The number of nitrogens with zero attached hydrogens (tertiary/aromatic N) is 3. The molecule has 1 aliphatic rings. The van der Waals surface area contributed by atoms with Crippen molar-refractivity contribution < 1.29 is 0 Å². The van der Waals surface area contributed by atoms with Crippen molar-refractivity contribution in [3.63, 3.8) is 0 Å². The van der Waals surface area contributed by atoms with Gasteiger partial charge in [0.1, 0.15) is 5.82 Å². The highest BCUT2D eigenvalue weighted by atomic mass is 15.1. The number of nitrogens with two attached hydrogens (primary N) is 1. The molecule has 1 saturated carbocycles. The molecule has 0 spiro atoms. The number of nitrogen functional groups attached to an aromatic ring is 1. The molecule has 2 rings (SSSR count). The van der Waals surface area contributed by atoms with E-state index in [0.717, 1.165) is 24.4 Å². The molecule has 0 bridgehead atoms. The number of rotatable bonds is 5. The second-order valence-corrected chi connectivity index (χ2v) is 6.27. The highest BCUT2D eigenvalue weighted by Crippen LogP contribution is 2.25. The van der Waals surface area contributed by atoms with Crippen molar-refractivity contribution in [2.24, 2.45) is 5.92 Å². The quantitative estimate of drug-likeness (QED) is 0.863. The lowest BCUT2D eigenvalue weighted by molar-refractivity contribution is 0.357. The molecule has 1 heterocycles. The molecule has 0 aliphatic heterocycles. The monoisotopic (exact) mass is 277 g/mol. The van der Waals surface area contributed by atoms with Crippen molar-refractivity contribution in [2.75, 3.05) is 31.7 Å². The summed E-state index contributed by atoms with van der Waals surface area (Å²) in [6, 6.07) is 0.491. The predicted octanol–water partition coefficient (Wildman–Crippen LogP) is 2.15. The second kappa shape index (κ2) is 6.88. The second-order valence-electron chi connectivity index (χ2n) is 6.27. The molecule has 1 aromatic rings. The average Bonchev–Trinajstić information content (AvgIpc) is 2.37. The van der Waals surface area contributed by atoms with Gasteiger partial charge in [-0.3, -0.25) is 0 Å². The minimum atomic E-state index is 0.491. The van der Waals surface area contributed by atoms with Crippen LogP contribution in [-0.2, 0) is 6.42 Å². The zero-order valence-corrected chi connectivity index (χ0v) is 12.9. The highest BCUT2D eigenvalue weighted by molar-refractivity contribution is 5.43. The first-order valence-corrected chi connectivity index (χ1v) is 7.57. The van der Waals surface area contributed by atoms with Gasteiger partial charge in [0.05, 0.1) is 0 Å². The third-order valence-electron chi connectivity index (χ3n) is 4.00. The summed E-state index contributed by atoms with van der Waals surface area (Å²) in [7, 11) is 4.11. The Balaban J connectivity index is 1.94. The van der Waals surface area contributed by atoms with Crippen LogP contribution in [0.15, 0.2) is 6.20 Å². The zero-order chi connectivity index (χ0) is 14.5. The van der Waals surface area contributed by atoms with Crippen LogP contribution >= 0.6 is 0 Å². The van der Waals surface area contributed by atoms with Crippen LogP contribution in [0.2, 0.25) is 0 Å². The minimum absolute atomic E-state index is 0.491. The van der Waals surface area contributed by atoms with E-state index in [0.29, 0.717) is 17.8 Å². The first-order valence-electron chi connectivity index (χ1n) is 7.57. The Morgan fingerprint density at radius 3 is 2.85 bits per heavy atom. The molecule has 0 aromatic carbocycles. The number of hydrogen-bond donors (Lipinski definition) is 2. The van der Waals surface area contributed by atoms with Gasteiger partial charge in [0.25, 0.3) is 0 Å². The fourth-order valence-corrected chi connectivity index (χ4v) is 2.77. The van der Waals surface area contributed by atoms with E-state index in [-0.39, 0.29) is 0 Å². The molecule has 2 unspecified atom stereocenters. The summed E-state index contributed by atoms with van der Waals surface area (Å²) in [6.45, 7) is 3.27. The van der Waals surface area contributed by atoms with E-state index < -0.39 is 0 Å². The Hall–Kier alpha value is -1.36. The third-order valence-corrected chi connectivity index (χ3v) is 4.00. The molecule has 5 heteroatoms. The van der Waals surface area contributed by atoms with Gasteiger partial charge >= 0.3 is 0 Å². The van der Waals surface area contributed by atoms with Crippen LogP contribution in [0, 0.1) is 5.92 Å². The summed E-state index contributed by atoms with van der Waals surface area (Å²) >= 11 is 0. The number of likely N-dealkylation sites (N-methyl/N-ethyl adjacent to an activating group) is 1. The van der Waals surface area contributed by atoms with Crippen molar-refractivity contribution in [1.82, 2.24) is 14.9 Å². The van der Waals surface area contributed by atoms with Crippen molar-refractivity contribution in [2.45, 2.75) is 45.1 Å². The van der Waals surface area contributed by atoms with E-state index in [1.165, 1.54) is 25.7 Å². The molecular formula is C15H27N5. The number of anilines is 2. The Labute approximate surface area is 122 Å². The van der Waals surface area contributed by atoms with E-state index in [1.807, 2.05) is 6.20 Å². The fraction of sp³-hybridized carbons (Fsp3) is 0.733. The van der Waals surface area contributed by atoms with Crippen LogP contribution in [0.1, 0.15) is 38.2 Å². The first-order chi connectivity index (χ1) is 9.54. The van der Waals surface area contributed by atoms with Crippen molar-refractivity contribution in [1.29, 1.82) is 0 Å². The zero-order valence-electron chi connectivity index (χ0n) is 12.9. The summed E-state index contributed by atoms with van der Waals surface area (Å²) in [4.78, 5) is 11.0. The standard InChI is InChI=1S/C15H27N5/c1-11-5-4-6-13(9-11)18-15-17-10-12(14(16)19-15)7-8-20(2)3/h10-11,13H,4-9H2,1-3H3,(H3,16,17,18,19). The molecule has 0 radical (unpaired) electrons. The van der Waals surface area contributed by atoms with Crippen molar-refractivity contribution >= 4 is 11.8 Å². The first kappa shape index (κ1) is 15.0. The summed E-state index contributed by atoms with van der Waals surface area (Å²) in [5.41, 5.74) is 7.06. The third kappa shape index (κ3) is 4.34. The van der Waals surface area contributed by atoms with Gasteiger partial charge in [0.15, 0.2) is 0 Å².